The molecule has 24 heavy (non-hydrogen) atoms. The van der Waals surface area contributed by atoms with Crippen LogP contribution in [0.3, 0.4) is 0 Å². The second-order valence-electron chi connectivity index (χ2n) is 5.08. The molecule has 0 aliphatic rings. The fourth-order valence-corrected chi connectivity index (χ4v) is 3.05. The van der Waals surface area contributed by atoms with E-state index in [1.54, 1.807) is 12.1 Å². The van der Waals surface area contributed by atoms with Crippen molar-refractivity contribution in [3.8, 4) is 0 Å². The second kappa shape index (κ2) is 6.38. The highest BCUT2D eigenvalue weighted by Crippen LogP contribution is 2.18. The van der Waals surface area contributed by atoms with Crippen molar-refractivity contribution in [2.45, 2.75) is 4.90 Å². The topological polar surface area (TPSA) is 75.3 Å². The molecule has 5 nitrogen and oxygen atoms in total. The first-order valence-corrected chi connectivity index (χ1v) is 8.50. The van der Waals surface area contributed by atoms with Gasteiger partial charge in [0, 0.05) is 5.56 Å². The third-order valence-corrected chi connectivity index (χ3v) is 4.68. The molecule has 3 aromatic carbocycles. The summed E-state index contributed by atoms with van der Waals surface area (Å²) in [5, 5.41) is 1.68. The van der Waals surface area contributed by atoms with Crippen LogP contribution < -0.4 is 10.3 Å². The van der Waals surface area contributed by atoms with E-state index in [2.05, 4.69) is 5.43 Å². The van der Waals surface area contributed by atoms with Crippen LogP contribution >= 0.6 is 0 Å². The minimum Gasteiger partial charge on any atom is -0.273 e. The van der Waals surface area contributed by atoms with E-state index in [0.29, 0.717) is 0 Å². The van der Waals surface area contributed by atoms with Gasteiger partial charge in [-0.05, 0) is 47.2 Å². The molecule has 122 valence electrons. The summed E-state index contributed by atoms with van der Waals surface area (Å²) in [5.74, 6) is -1.16. The molecule has 0 saturated heterocycles. The molecular weight excluding hydrogens is 331 g/mol. The van der Waals surface area contributed by atoms with E-state index in [0.717, 1.165) is 22.9 Å². The van der Waals surface area contributed by atoms with Crippen molar-refractivity contribution in [1.29, 1.82) is 0 Å². The van der Waals surface area contributed by atoms with E-state index < -0.39 is 21.7 Å². The minimum absolute atomic E-state index is 0.0283. The van der Waals surface area contributed by atoms with Crippen molar-refractivity contribution >= 4 is 26.7 Å². The molecule has 0 bridgehead atoms. The van der Waals surface area contributed by atoms with Gasteiger partial charge in [-0.3, -0.25) is 10.2 Å². The van der Waals surface area contributed by atoms with Crippen LogP contribution in [0.15, 0.2) is 71.6 Å². The summed E-state index contributed by atoms with van der Waals surface area (Å²) < 4.78 is 37.4. The van der Waals surface area contributed by atoms with Gasteiger partial charge in [0.2, 0.25) is 0 Å². The van der Waals surface area contributed by atoms with Gasteiger partial charge in [-0.1, -0.05) is 30.3 Å². The van der Waals surface area contributed by atoms with Crippen LogP contribution in [0, 0.1) is 5.82 Å². The predicted molar refractivity (Wildman–Crippen MR) is 88.1 cm³/mol. The molecule has 0 aliphatic heterocycles. The van der Waals surface area contributed by atoms with E-state index in [1.807, 2.05) is 23.0 Å². The zero-order valence-electron chi connectivity index (χ0n) is 12.4. The highest BCUT2D eigenvalue weighted by Gasteiger charge is 2.16. The van der Waals surface area contributed by atoms with Crippen LogP contribution in [0.4, 0.5) is 4.39 Å². The number of nitrogens with one attached hydrogen (secondary N) is 2. The number of hydrogen-bond acceptors (Lipinski definition) is 3. The van der Waals surface area contributed by atoms with Crippen LogP contribution in [0.1, 0.15) is 10.4 Å². The van der Waals surface area contributed by atoms with Crippen molar-refractivity contribution in [1.82, 2.24) is 10.3 Å². The van der Waals surface area contributed by atoms with Gasteiger partial charge in [0.1, 0.15) is 5.82 Å². The number of sulfonamides is 1. The molecule has 0 atom stereocenters. The first-order chi connectivity index (χ1) is 11.5. The molecule has 0 unspecified atom stereocenters. The number of fused-ring (bicyclic) bond motifs is 1. The van der Waals surface area contributed by atoms with Crippen LogP contribution in [0.25, 0.3) is 10.8 Å². The first kappa shape index (κ1) is 16.1. The van der Waals surface area contributed by atoms with E-state index >= 15 is 0 Å². The van der Waals surface area contributed by atoms with Gasteiger partial charge in [-0.15, -0.1) is 4.83 Å². The largest absolute Gasteiger partial charge is 0.273 e. The van der Waals surface area contributed by atoms with E-state index in [-0.39, 0.29) is 10.5 Å². The van der Waals surface area contributed by atoms with Gasteiger partial charge < -0.3 is 0 Å². The van der Waals surface area contributed by atoms with Gasteiger partial charge in [-0.25, -0.2) is 12.8 Å². The summed E-state index contributed by atoms with van der Waals surface area (Å²) in [6.07, 6.45) is 0. The summed E-state index contributed by atoms with van der Waals surface area (Å²) in [5.41, 5.74) is 2.24. The third kappa shape index (κ3) is 3.42. The van der Waals surface area contributed by atoms with Gasteiger partial charge >= 0.3 is 0 Å². The Hall–Kier alpha value is -2.77. The summed E-state index contributed by atoms with van der Waals surface area (Å²) in [6, 6.07) is 16.7. The highest BCUT2D eigenvalue weighted by molar-refractivity contribution is 7.89. The van der Waals surface area contributed by atoms with Gasteiger partial charge in [0.05, 0.1) is 4.90 Å². The summed E-state index contributed by atoms with van der Waals surface area (Å²) >= 11 is 0. The fourth-order valence-electron chi connectivity index (χ4n) is 2.18. The lowest BCUT2D eigenvalue weighted by Gasteiger charge is -2.09. The van der Waals surface area contributed by atoms with Crippen LogP contribution in [-0.2, 0) is 10.0 Å². The Morgan fingerprint density at radius 2 is 1.54 bits per heavy atom. The molecule has 1 amide bonds. The quantitative estimate of drug-likeness (QED) is 0.715. The lowest BCUT2D eigenvalue weighted by molar-refractivity contribution is 0.0945. The van der Waals surface area contributed by atoms with E-state index in [1.165, 1.54) is 24.3 Å². The Bertz CT molecular complexity index is 1000. The van der Waals surface area contributed by atoms with Crippen molar-refractivity contribution in [2.24, 2.45) is 0 Å². The molecule has 0 fully saturated rings. The van der Waals surface area contributed by atoms with Gasteiger partial charge in [-0.2, -0.15) is 0 Å². The maximum absolute atomic E-state index is 12.8. The molecule has 0 aliphatic carbocycles. The van der Waals surface area contributed by atoms with E-state index in [4.69, 9.17) is 0 Å². The van der Waals surface area contributed by atoms with Crippen molar-refractivity contribution in [2.75, 3.05) is 0 Å². The Morgan fingerprint density at radius 1 is 0.875 bits per heavy atom. The molecule has 3 rings (SSSR count). The lowest BCUT2D eigenvalue weighted by atomic mass is 10.1. The van der Waals surface area contributed by atoms with Gasteiger partial charge in [0.25, 0.3) is 15.9 Å². The number of carbonyl (C=O) groups is 1. The number of halogens is 1. The van der Waals surface area contributed by atoms with Crippen molar-refractivity contribution in [3.63, 3.8) is 0 Å². The lowest BCUT2D eigenvalue weighted by Crippen LogP contribution is -2.41. The summed E-state index contributed by atoms with van der Waals surface area (Å²) in [4.78, 5) is 13.9. The molecule has 2 N–H and O–H groups in total. The van der Waals surface area contributed by atoms with E-state index in [9.17, 15) is 17.6 Å². The molecule has 0 heterocycles. The molecule has 0 spiro atoms. The standard InChI is InChI=1S/C17H13FN2O3S/c18-15-8-5-13(6-9-15)17(21)19-20-24(22,23)16-10-7-12-3-1-2-4-14(12)11-16/h1-11,20H,(H,19,21). The molecule has 0 aromatic heterocycles. The maximum atomic E-state index is 12.8. The van der Waals surface area contributed by atoms with Crippen molar-refractivity contribution < 1.29 is 17.6 Å². The Balaban J connectivity index is 1.77. The number of hydrogen-bond donors (Lipinski definition) is 2. The fraction of sp³-hybridized carbons (Fsp3) is 0. The third-order valence-electron chi connectivity index (χ3n) is 3.44. The average molecular weight is 344 g/mol. The molecular formula is C17H13FN2O3S. The summed E-state index contributed by atoms with van der Waals surface area (Å²) in [6.45, 7) is 0. The summed E-state index contributed by atoms with van der Waals surface area (Å²) in [7, 11) is -3.92. The Morgan fingerprint density at radius 3 is 2.25 bits per heavy atom. The van der Waals surface area contributed by atoms with Crippen LogP contribution in [0.2, 0.25) is 0 Å². The molecule has 0 radical (unpaired) electrons. The number of amides is 1. The minimum atomic E-state index is -3.92. The monoisotopic (exact) mass is 344 g/mol. The first-order valence-electron chi connectivity index (χ1n) is 7.02. The molecule has 7 heteroatoms. The Kier molecular flexibility index (Phi) is 4.28. The second-order valence-corrected chi connectivity index (χ2v) is 6.76. The van der Waals surface area contributed by atoms with Gasteiger partial charge in [0.15, 0.2) is 0 Å². The number of carbonyl (C=O) groups excluding carboxylic acids is 1. The van der Waals surface area contributed by atoms with Crippen LogP contribution in [0.5, 0.6) is 0 Å². The smallest absolute Gasteiger partial charge is 0.266 e. The van der Waals surface area contributed by atoms with Crippen molar-refractivity contribution in [3.05, 3.63) is 78.1 Å². The SMILES string of the molecule is O=C(NNS(=O)(=O)c1ccc2ccccc2c1)c1ccc(F)cc1. The highest BCUT2D eigenvalue weighted by atomic mass is 32.2. The molecule has 0 saturated carbocycles. The predicted octanol–water partition coefficient (Wildman–Crippen LogP) is 2.60. The number of rotatable bonds is 4. The Labute approximate surface area is 138 Å². The average Bonchev–Trinajstić information content (AvgIpc) is 2.60. The number of benzene rings is 3. The normalized spacial score (nSPS) is 11.4. The van der Waals surface area contributed by atoms with Crippen LogP contribution in [-0.4, -0.2) is 14.3 Å². The maximum Gasteiger partial charge on any atom is 0.266 e. The zero-order valence-corrected chi connectivity index (χ0v) is 13.2. The number of hydrazine groups is 1. The zero-order chi connectivity index (χ0) is 17.2. The molecule has 3 aromatic rings.